The number of rotatable bonds is 8. The van der Waals surface area contributed by atoms with E-state index in [1.54, 1.807) is 33.8 Å². The first kappa shape index (κ1) is 15.3. The van der Waals surface area contributed by atoms with Crippen molar-refractivity contribution < 1.29 is 22.5 Å². The van der Waals surface area contributed by atoms with E-state index in [4.69, 9.17) is 17.7 Å². The Hall–Kier alpha value is -0.693. The minimum atomic E-state index is -3.30. The summed E-state index contributed by atoms with van der Waals surface area (Å²) in [6.45, 7) is 8.22. The van der Waals surface area contributed by atoms with E-state index in [0.29, 0.717) is 19.8 Å². The highest BCUT2D eigenvalue weighted by molar-refractivity contribution is 6.55. The Labute approximate surface area is 97.8 Å². The van der Waals surface area contributed by atoms with Gasteiger partial charge in [0.2, 0.25) is 0 Å². The van der Waals surface area contributed by atoms with Crippen molar-refractivity contribution in [1.82, 2.24) is 0 Å². The molecule has 0 rings (SSSR count). The van der Waals surface area contributed by atoms with Gasteiger partial charge in [-0.05, 0) is 27.7 Å². The Morgan fingerprint density at radius 2 is 1.50 bits per heavy atom. The van der Waals surface area contributed by atoms with Gasteiger partial charge in [0.05, 0.1) is 0 Å². The molecule has 0 amide bonds. The van der Waals surface area contributed by atoms with Crippen molar-refractivity contribution in [3.8, 4) is 0 Å². The molecule has 0 atom stereocenters. The van der Waals surface area contributed by atoms with E-state index in [9.17, 15) is 4.79 Å². The molecular weight excluding hydrogens is 228 g/mol. The van der Waals surface area contributed by atoms with Crippen LogP contribution in [-0.4, -0.2) is 34.8 Å². The maximum atomic E-state index is 11.4. The summed E-state index contributed by atoms with van der Waals surface area (Å²) in [7, 11) is -3.30. The van der Waals surface area contributed by atoms with Crippen molar-refractivity contribution >= 4 is 15.0 Å². The maximum absolute atomic E-state index is 11.4. The van der Waals surface area contributed by atoms with Crippen molar-refractivity contribution in [3.05, 3.63) is 12.2 Å². The number of carbonyl (C=O) groups excluding carboxylic acids is 1. The van der Waals surface area contributed by atoms with Gasteiger partial charge in [-0.15, -0.1) is 0 Å². The molecule has 94 valence electrons. The van der Waals surface area contributed by atoms with Crippen molar-refractivity contribution in [3.63, 3.8) is 0 Å². The van der Waals surface area contributed by atoms with Gasteiger partial charge in [-0.2, -0.15) is 0 Å². The standard InChI is InChI=1S/C10H20O5Si/c1-5-9-10(11)15-16(12-6-2,13-7-3)14-8-4/h5,9H,6-8H2,1-4H3. The molecule has 0 bridgehead atoms. The fraction of sp³-hybridized carbons (Fsp3) is 0.700. The lowest BCUT2D eigenvalue weighted by Gasteiger charge is -2.25. The highest BCUT2D eigenvalue weighted by atomic mass is 28.4. The van der Waals surface area contributed by atoms with Gasteiger partial charge in [-0.1, -0.05) is 6.08 Å². The summed E-state index contributed by atoms with van der Waals surface area (Å²) in [5.74, 6) is -0.510. The molecule has 0 aromatic carbocycles. The molecule has 0 N–H and O–H groups in total. The third-order valence-corrected chi connectivity index (χ3v) is 3.87. The first-order valence-corrected chi connectivity index (χ1v) is 7.04. The maximum Gasteiger partial charge on any atom is 0.751 e. The van der Waals surface area contributed by atoms with Crippen molar-refractivity contribution in [1.29, 1.82) is 0 Å². The number of hydrogen-bond donors (Lipinski definition) is 0. The van der Waals surface area contributed by atoms with Crippen LogP contribution in [0, 0.1) is 0 Å². The van der Waals surface area contributed by atoms with Crippen LogP contribution in [-0.2, 0) is 22.5 Å². The van der Waals surface area contributed by atoms with Gasteiger partial charge in [0, 0.05) is 25.9 Å². The molecule has 0 aliphatic heterocycles. The van der Waals surface area contributed by atoms with Gasteiger partial charge in [-0.3, -0.25) is 0 Å². The number of allylic oxidation sites excluding steroid dienone is 1. The van der Waals surface area contributed by atoms with Crippen LogP contribution in [0.2, 0.25) is 0 Å². The summed E-state index contributed by atoms with van der Waals surface area (Å²) >= 11 is 0. The molecule has 0 aliphatic carbocycles. The summed E-state index contributed by atoms with van der Waals surface area (Å²) < 4.78 is 21.2. The van der Waals surface area contributed by atoms with Crippen LogP contribution >= 0.6 is 0 Å². The van der Waals surface area contributed by atoms with Gasteiger partial charge in [-0.25, -0.2) is 4.79 Å². The third kappa shape index (κ3) is 5.41. The lowest BCUT2D eigenvalue weighted by atomic mass is 10.5. The van der Waals surface area contributed by atoms with Gasteiger partial charge < -0.3 is 17.7 Å². The monoisotopic (exact) mass is 248 g/mol. The smallest absolute Gasteiger partial charge is 0.449 e. The molecule has 0 aromatic heterocycles. The Morgan fingerprint density at radius 3 is 1.81 bits per heavy atom. The average molecular weight is 248 g/mol. The van der Waals surface area contributed by atoms with Crippen LogP contribution in [0.3, 0.4) is 0 Å². The molecule has 0 aliphatic rings. The molecule has 6 heteroatoms. The summed E-state index contributed by atoms with van der Waals surface area (Å²) in [5.41, 5.74) is 0. The Kier molecular flexibility index (Phi) is 8.09. The molecule has 0 unspecified atom stereocenters. The fourth-order valence-corrected chi connectivity index (χ4v) is 2.84. The molecule has 0 saturated heterocycles. The minimum Gasteiger partial charge on any atom is -0.449 e. The van der Waals surface area contributed by atoms with E-state index in [2.05, 4.69) is 0 Å². The lowest BCUT2D eigenvalue weighted by molar-refractivity contribution is -0.139. The molecule has 16 heavy (non-hydrogen) atoms. The highest BCUT2D eigenvalue weighted by Crippen LogP contribution is 2.12. The lowest BCUT2D eigenvalue weighted by Crippen LogP contribution is -2.50. The van der Waals surface area contributed by atoms with Gasteiger partial charge in [0.25, 0.3) is 0 Å². The van der Waals surface area contributed by atoms with E-state index in [1.165, 1.54) is 6.08 Å². The first-order valence-electron chi connectivity index (χ1n) is 5.41. The first-order chi connectivity index (χ1) is 7.64. The van der Waals surface area contributed by atoms with Gasteiger partial charge in [0.1, 0.15) is 0 Å². The molecule has 0 saturated carbocycles. The van der Waals surface area contributed by atoms with Crippen LogP contribution in [0.5, 0.6) is 0 Å². The second kappa shape index (κ2) is 8.46. The van der Waals surface area contributed by atoms with Gasteiger partial charge in [0.15, 0.2) is 0 Å². The Balaban J connectivity index is 4.64. The third-order valence-electron chi connectivity index (χ3n) is 1.49. The van der Waals surface area contributed by atoms with Crippen LogP contribution in [0.4, 0.5) is 0 Å². The van der Waals surface area contributed by atoms with E-state index in [0.717, 1.165) is 0 Å². The molecule has 0 heterocycles. The predicted octanol–water partition coefficient (Wildman–Crippen LogP) is 1.65. The van der Waals surface area contributed by atoms with Crippen LogP contribution in [0.15, 0.2) is 12.2 Å². The largest absolute Gasteiger partial charge is 0.751 e. The van der Waals surface area contributed by atoms with Crippen LogP contribution in [0.25, 0.3) is 0 Å². The summed E-state index contributed by atoms with van der Waals surface area (Å²) in [5, 5.41) is 0. The Bertz CT molecular complexity index is 212. The highest BCUT2D eigenvalue weighted by Gasteiger charge is 2.48. The average Bonchev–Trinajstić information content (AvgIpc) is 2.18. The summed E-state index contributed by atoms with van der Waals surface area (Å²) in [4.78, 5) is 11.4. The van der Waals surface area contributed by atoms with Crippen LogP contribution < -0.4 is 0 Å². The number of carbonyl (C=O) groups is 1. The zero-order valence-corrected chi connectivity index (χ0v) is 11.3. The van der Waals surface area contributed by atoms with Crippen molar-refractivity contribution in [2.24, 2.45) is 0 Å². The predicted molar refractivity (Wildman–Crippen MR) is 61.5 cm³/mol. The zero-order valence-electron chi connectivity index (χ0n) is 10.3. The van der Waals surface area contributed by atoms with E-state index in [-0.39, 0.29) is 0 Å². The topological polar surface area (TPSA) is 54.0 Å². The summed E-state index contributed by atoms with van der Waals surface area (Å²) in [6.07, 6.45) is 2.89. The molecular formula is C10H20O5Si. The van der Waals surface area contributed by atoms with E-state index >= 15 is 0 Å². The van der Waals surface area contributed by atoms with Crippen molar-refractivity contribution in [2.75, 3.05) is 19.8 Å². The van der Waals surface area contributed by atoms with E-state index in [1.807, 2.05) is 0 Å². The Morgan fingerprint density at radius 1 is 1.06 bits per heavy atom. The van der Waals surface area contributed by atoms with E-state index < -0.39 is 15.0 Å². The molecule has 0 radical (unpaired) electrons. The molecule has 0 fully saturated rings. The zero-order chi connectivity index (χ0) is 12.4. The molecule has 0 aromatic rings. The molecule has 0 spiro atoms. The second-order valence-electron chi connectivity index (χ2n) is 2.72. The minimum absolute atomic E-state index is 0.370. The normalized spacial score (nSPS) is 12.0. The summed E-state index contributed by atoms with van der Waals surface area (Å²) in [6, 6.07) is 0. The van der Waals surface area contributed by atoms with Crippen LogP contribution in [0.1, 0.15) is 27.7 Å². The SMILES string of the molecule is CC=CC(=O)O[Si](OCC)(OCC)OCC. The van der Waals surface area contributed by atoms with Gasteiger partial charge >= 0.3 is 15.0 Å². The van der Waals surface area contributed by atoms with Crippen molar-refractivity contribution in [2.45, 2.75) is 27.7 Å². The fourth-order valence-electron chi connectivity index (χ4n) is 1.04. The molecule has 5 nitrogen and oxygen atoms in total. The quantitative estimate of drug-likeness (QED) is 0.483. The number of hydrogen-bond acceptors (Lipinski definition) is 5. The second-order valence-corrected chi connectivity index (χ2v) is 4.79.